The Morgan fingerprint density at radius 2 is 1.43 bits per heavy atom. The number of nitrogens with one attached hydrogen (secondary N) is 1. The van der Waals surface area contributed by atoms with E-state index in [9.17, 15) is 25.5 Å². The van der Waals surface area contributed by atoms with Crippen LogP contribution in [-0.4, -0.2) is 143 Å². The highest BCUT2D eigenvalue weighted by Gasteiger charge is 2.54. The number of aliphatic hydroxyl groups excluding tert-OH is 5. The van der Waals surface area contributed by atoms with E-state index >= 15 is 0 Å². The monoisotopic (exact) mass is 538 g/mol. The Morgan fingerprint density at radius 3 is 2.08 bits per heavy atom. The highest BCUT2D eigenvalue weighted by molar-refractivity contribution is 5.02. The Labute approximate surface area is 214 Å². The van der Waals surface area contributed by atoms with Gasteiger partial charge in [0.1, 0.15) is 30.5 Å². The molecule has 17 atom stereocenters. The van der Waals surface area contributed by atoms with Gasteiger partial charge in [0.25, 0.3) is 0 Å². The summed E-state index contributed by atoms with van der Waals surface area (Å²) in [6.07, 6.45) is -11.4. The van der Waals surface area contributed by atoms with E-state index in [1.165, 1.54) is 0 Å². The standard InChI is InChI=1S/C21H42N6O10/c1-27-12-15(31)18-8(33-21(12)37-20-11(26)14(30)10(25)9(4-28)34-20)3-7(24)19(36-18)35-17-6(23)2-5(22)13(29)16(17)32/h5-21,27-32H,2-4,22-26H2,1H3/t5-,6?,7?,8+,9?,10-,11?,12?,13?,14-,15?,16?,17-,18?,19+,20-,21?/m1/s1. The number of likely N-dealkylation sites (N-methyl/N-ethyl adjacent to an activating group) is 1. The molecule has 0 bridgehead atoms. The lowest BCUT2D eigenvalue weighted by Crippen LogP contribution is -2.71. The maximum Gasteiger partial charge on any atom is 0.179 e. The molecule has 0 aromatic heterocycles. The fraction of sp³-hybridized carbons (Fsp3) is 1.00. The van der Waals surface area contributed by atoms with E-state index < -0.39 is 111 Å². The molecule has 0 aromatic rings. The van der Waals surface area contributed by atoms with Gasteiger partial charge in [-0.25, -0.2) is 0 Å². The predicted octanol–water partition coefficient (Wildman–Crippen LogP) is -6.98. The number of hydrogen-bond acceptors (Lipinski definition) is 16. The molecule has 1 saturated carbocycles. The van der Waals surface area contributed by atoms with Crippen LogP contribution in [0.5, 0.6) is 0 Å². The minimum atomic E-state index is -1.34. The van der Waals surface area contributed by atoms with Crippen LogP contribution in [0.4, 0.5) is 0 Å². The van der Waals surface area contributed by atoms with Crippen molar-refractivity contribution in [1.82, 2.24) is 5.32 Å². The summed E-state index contributed by atoms with van der Waals surface area (Å²) in [5, 5.41) is 54.6. The van der Waals surface area contributed by atoms with E-state index in [-0.39, 0.29) is 12.8 Å². The summed E-state index contributed by atoms with van der Waals surface area (Å²) in [5.41, 5.74) is 30.1. The fourth-order valence-corrected chi connectivity index (χ4v) is 5.51. The van der Waals surface area contributed by atoms with Crippen LogP contribution in [0.1, 0.15) is 12.8 Å². The second kappa shape index (κ2) is 11.8. The first-order valence-corrected chi connectivity index (χ1v) is 12.5. The van der Waals surface area contributed by atoms with E-state index in [0.717, 1.165) is 0 Å². The topological polar surface area (TPSA) is 289 Å². The van der Waals surface area contributed by atoms with E-state index in [0.29, 0.717) is 0 Å². The van der Waals surface area contributed by atoms with Gasteiger partial charge in [-0.1, -0.05) is 0 Å². The molecule has 0 aromatic carbocycles. The predicted molar refractivity (Wildman–Crippen MR) is 125 cm³/mol. The molecule has 16 N–H and O–H groups in total. The number of hydrogen-bond donors (Lipinski definition) is 11. The van der Waals surface area contributed by atoms with E-state index in [1.54, 1.807) is 7.05 Å². The molecule has 16 nitrogen and oxygen atoms in total. The first-order valence-electron chi connectivity index (χ1n) is 12.5. The highest BCUT2D eigenvalue weighted by atomic mass is 16.8. The number of nitrogens with two attached hydrogens (primary N) is 5. The summed E-state index contributed by atoms with van der Waals surface area (Å²) in [4.78, 5) is 0. The van der Waals surface area contributed by atoms with E-state index in [1.807, 2.05) is 0 Å². The summed E-state index contributed by atoms with van der Waals surface area (Å²) in [6.45, 7) is -0.453. The van der Waals surface area contributed by atoms with Crippen LogP contribution in [0, 0.1) is 0 Å². The van der Waals surface area contributed by atoms with Crippen LogP contribution in [-0.2, 0) is 23.7 Å². The van der Waals surface area contributed by atoms with Crippen LogP contribution >= 0.6 is 0 Å². The Hall–Kier alpha value is -0.640. The van der Waals surface area contributed by atoms with Crippen molar-refractivity contribution in [2.24, 2.45) is 28.7 Å². The number of fused-ring (bicyclic) bond motifs is 1. The second-order valence-electron chi connectivity index (χ2n) is 10.4. The third kappa shape index (κ3) is 5.66. The van der Waals surface area contributed by atoms with Crippen LogP contribution in [0.15, 0.2) is 0 Å². The number of aliphatic hydroxyl groups is 5. The maximum atomic E-state index is 11.2. The van der Waals surface area contributed by atoms with Crippen LogP contribution in [0.25, 0.3) is 0 Å². The second-order valence-corrected chi connectivity index (χ2v) is 10.4. The Morgan fingerprint density at radius 1 is 0.730 bits per heavy atom. The average molecular weight is 539 g/mol. The van der Waals surface area contributed by atoms with Gasteiger partial charge >= 0.3 is 0 Å². The summed E-state index contributed by atoms with van der Waals surface area (Å²) >= 11 is 0. The molecule has 1 aliphatic carbocycles. The van der Waals surface area contributed by atoms with Gasteiger partial charge in [0.15, 0.2) is 18.9 Å². The number of ether oxygens (including phenoxy) is 5. The molecule has 4 aliphatic rings. The minimum absolute atomic E-state index is 0.188. The fourth-order valence-electron chi connectivity index (χ4n) is 5.51. The summed E-state index contributed by atoms with van der Waals surface area (Å²) in [6, 6.07) is -4.86. The lowest BCUT2D eigenvalue weighted by molar-refractivity contribution is -0.363. The minimum Gasteiger partial charge on any atom is -0.394 e. The van der Waals surface area contributed by atoms with E-state index in [2.05, 4.69) is 5.32 Å². The van der Waals surface area contributed by atoms with Crippen LogP contribution in [0.2, 0.25) is 0 Å². The molecule has 16 heteroatoms. The molecular weight excluding hydrogens is 496 g/mol. The van der Waals surface area contributed by atoms with Gasteiger partial charge in [-0.15, -0.1) is 0 Å². The van der Waals surface area contributed by atoms with Crippen molar-refractivity contribution in [3.05, 3.63) is 0 Å². The van der Waals surface area contributed by atoms with E-state index in [4.69, 9.17) is 52.4 Å². The highest BCUT2D eigenvalue weighted by Crippen LogP contribution is 2.35. The molecular formula is C21H42N6O10. The van der Waals surface area contributed by atoms with Crippen LogP contribution in [0.3, 0.4) is 0 Å². The van der Waals surface area contributed by atoms with Gasteiger partial charge in [0, 0.05) is 12.1 Å². The van der Waals surface area contributed by atoms with Crippen LogP contribution < -0.4 is 34.0 Å². The normalized spacial score (nSPS) is 55.1. The summed E-state index contributed by atoms with van der Waals surface area (Å²) < 4.78 is 29.5. The molecule has 3 saturated heterocycles. The Kier molecular flexibility index (Phi) is 9.40. The van der Waals surface area contributed by atoms with Crippen molar-refractivity contribution >= 4 is 0 Å². The van der Waals surface area contributed by atoms with Gasteiger partial charge in [-0.2, -0.15) is 0 Å². The quantitative estimate of drug-likeness (QED) is 0.150. The van der Waals surface area contributed by atoms with Gasteiger partial charge < -0.3 is 83.2 Å². The van der Waals surface area contributed by atoms with Gasteiger partial charge in [0.2, 0.25) is 0 Å². The molecule has 0 amide bonds. The molecule has 4 rings (SSSR count). The molecule has 10 unspecified atom stereocenters. The van der Waals surface area contributed by atoms with Crippen molar-refractivity contribution in [3.63, 3.8) is 0 Å². The zero-order valence-electron chi connectivity index (χ0n) is 20.6. The van der Waals surface area contributed by atoms with Gasteiger partial charge in [-0.3, -0.25) is 0 Å². The zero-order chi connectivity index (χ0) is 27.2. The number of rotatable bonds is 6. The summed E-state index contributed by atoms with van der Waals surface area (Å²) in [5.74, 6) is 0. The van der Waals surface area contributed by atoms with Gasteiger partial charge in [-0.05, 0) is 19.9 Å². The third-order valence-electron chi connectivity index (χ3n) is 7.82. The molecule has 216 valence electrons. The van der Waals surface area contributed by atoms with Gasteiger partial charge in [0.05, 0.1) is 49.1 Å². The zero-order valence-corrected chi connectivity index (χ0v) is 20.6. The first-order chi connectivity index (χ1) is 17.5. The molecule has 4 fully saturated rings. The molecule has 37 heavy (non-hydrogen) atoms. The Bertz CT molecular complexity index is 757. The van der Waals surface area contributed by atoms with Crippen molar-refractivity contribution in [2.45, 2.75) is 117 Å². The SMILES string of the molecule is CNC1C(O[C@H]2OC(CO)[C@@H](N)[C@@H](O)C2N)O[C@H]2CC(N)[C@@H](O[C@@H]3C(N)C[C@@H](N)C(O)C3O)OC2C1O. The molecule has 0 radical (unpaired) electrons. The smallest absolute Gasteiger partial charge is 0.179 e. The maximum absolute atomic E-state index is 11.2. The van der Waals surface area contributed by atoms with Crippen molar-refractivity contribution in [1.29, 1.82) is 0 Å². The Balaban J connectivity index is 1.43. The largest absolute Gasteiger partial charge is 0.394 e. The lowest BCUT2D eigenvalue weighted by Gasteiger charge is -2.51. The molecule has 3 aliphatic heterocycles. The molecule has 3 heterocycles. The van der Waals surface area contributed by atoms with Crippen molar-refractivity contribution < 1.29 is 49.2 Å². The summed E-state index contributed by atoms with van der Waals surface area (Å²) in [7, 11) is 1.58. The van der Waals surface area contributed by atoms with Crippen molar-refractivity contribution in [3.8, 4) is 0 Å². The molecule has 0 spiro atoms. The first kappa shape index (κ1) is 29.3. The lowest BCUT2D eigenvalue weighted by atomic mass is 9.84. The van der Waals surface area contributed by atoms with Crippen molar-refractivity contribution in [2.75, 3.05) is 13.7 Å². The third-order valence-corrected chi connectivity index (χ3v) is 7.82. The average Bonchev–Trinajstić information content (AvgIpc) is 2.86.